The van der Waals surface area contributed by atoms with Gasteiger partial charge in [-0.3, -0.25) is 0 Å². The number of nitrogens with zero attached hydrogens (tertiary/aromatic N) is 3. The van der Waals surface area contributed by atoms with Crippen LogP contribution in [0.5, 0.6) is 0 Å². The molecule has 34 heavy (non-hydrogen) atoms. The van der Waals surface area contributed by atoms with Gasteiger partial charge in [-0.1, -0.05) is 47.6 Å². The van der Waals surface area contributed by atoms with Crippen LogP contribution in [0.4, 0.5) is 5.88 Å². The van der Waals surface area contributed by atoms with Crippen molar-refractivity contribution in [3.8, 4) is 22.5 Å². The summed E-state index contributed by atoms with van der Waals surface area (Å²) in [5.41, 5.74) is 3.33. The van der Waals surface area contributed by atoms with Crippen molar-refractivity contribution in [3.63, 3.8) is 0 Å². The second-order valence-corrected chi connectivity index (χ2v) is 9.35. The average molecular weight is 484 g/mol. The van der Waals surface area contributed by atoms with Crippen LogP contribution in [-0.2, 0) is 19.5 Å². The number of oxazole rings is 1. The minimum atomic E-state index is -4.08. The van der Waals surface area contributed by atoms with Crippen LogP contribution >= 0.6 is 0 Å². The molecule has 2 heterocycles. The van der Waals surface area contributed by atoms with Crippen molar-refractivity contribution < 1.29 is 26.8 Å². The number of methoxy groups -OCH3 is 1. The van der Waals surface area contributed by atoms with Gasteiger partial charge in [0.05, 0.1) is 30.0 Å². The minimum absolute atomic E-state index is 0.116. The predicted molar refractivity (Wildman–Crippen MR) is 126 cm³/mol. The monoisotopic (exact) mass is 483 g/mol. The van der Waals surface area contributed by atoms with Gasteiger partial charge in [-0.15, -0.1) is 0 Å². The highest BCUT2D eigenvalue weighted by atomic mass is 32.2. The van der Waals surface area contributed by atoms with E-state index in [1.165, 1.54) is 6.39 Å². The number of rotatable bonds is 10. The van der Waals surface area contributed by atoms with Gasteiger partial charge in [0.15, 0.2) is 12.2 Å². The molecule has 0 fully saturated rings. The molecule has 0 aliphatic rings. The Morgan fingerprint density at radius 1 is 1.00 bits per heavy atom. The van der Waals surface area contributed by atoms with E-state index in [0.29, 0.717) is 29.2 Å². The molecule has 4 aromatic rings. The van der Waals surface area contributed by atoms with Crippen molar-refractivity contribution in [1.82, 2.24) is 10.1 Å². The first-order valence-corrected chi connectivity index (χ1v) is 12.0. The van der Waals surface area contributed by atoms with Crippen LogP contribution < -0.4 is 4.31 Å². The molecule has 10 heteroatoms. The highest BCUT2D eigenvalue weighted by Gasteiger charge is 2.32. The fraction of sp³-hybridized carbons (Fsp3) is 0.250. The maximum Gasteiger partial charge on any atom is 0.269 e. The molecule has 0 aliphatic heterocycles. The predicted octanol–water partition coefficient (Wildman–Crippen LogP) is 4.43. The van der Waals surface area contributed by atoms with E-state index >= 15 is 0 Å². The number of aromatic nitrogens is 2. The maximum atomic E-state index is 13.9. The van der Waals surface area contributed by atoms with Crippen molar-refractivity contribution in [2.24, 2.45) is 0 Å². The highest BCUT2D eigenvalue weighted by Crippen LogP contribution is 2.34. The Kier molecular flexibility index (Phi) is 7.11. The van der Waals surface area contributed by atoms with Crippen molar-refractivity contribution in [2.75, 3.05) is 31.4 Å². The summed E-state index contributed by atoms with van der Waals surface area (Å²) in [5.74, 6) is 0.744. The normalized spacial score (nSPS) is 11.6. The molecule has 2 aromatic carbocycles. The van der Waals surface area contributed by atoms with Crippen molar-refractivity contribution in [1.29, 1.82) is 0 Å². The van der Waals surface area contributed by atoms with Crippen LogP contribution in [0, 0.1) is 13.8 Å². The van der Waals surface area contributed by atoms with Gasteiger partial charge >= 0.3 is 0 Å². The molecule has 0 N–H and O–H groups in total. The van der Waals surface area contributed by atoms with Crippen LogP contribution in [0.3, 0.4) is 0 Å². The molecule has 0 unspecified atom stereocenters. The molecule has 0 spiro atoms. The molecule has 0 atom stereocenters. The summed E-state index contributed by atoms with van der Waals surface area (Å²) in [6, 6.07) is 14.2. The van der Waals surface area contributed by atoms with E-state index in [0.717, 1.165) is 15.4 Å². The summed E-state index contributed by atoms with van der Waals surface area (Å²) in [6.45, 7) is 3.81. The maximum absolute atomic E-state index is 13.9. The van der Waals surface area contributed by atoms with Crippen molar-refractivity contribution in [3.05, 3.63) is 72.4 Å². The Morgan fingerprint density at radius 2 is 1.74 bits per heavy atom. The summed E-state index contributed by atoms with van der Waals surface area (Å²) >= 11 is 0. The number of hydrogen-bond donors (Lipinski definition) is 0. The molecule has 0 bridgehead atoms. The van der Waals surface area contributed by atoms with E-state index in [9.17, 15) is 8.42 Å². The zero-order chi connectivity index (χ0) is 24.1. The van der Waals surface area contributed by atoms with Crippen LogP contribution in [0.15, 0.2) is 75.0 Å². The van der Waals surface area contributed by atoms with Crippen LogP contribution in [0.25, 0.3) is 22.5 Å². The number of sulfonamides is 1. The van der Waals surface area contributed by atoms with Gasteiger partial charge in [-0.25, -0.2) is 17.7 Å². The molecule has 9 nitrogen and oxygen atoms in total. The largest absolute Gasteiger partial charge is 0.444 e. The number of hydrogen-bond acceptors (Lipinski definition) is 8. The molecule has 0 radical (unpaired) electrons. The Morgan fingerprint density at radius 3 is 2.38 bits per heavy atom. The third-order valence-electron chi connectivity index (χ3n) is 5.37. The molecule has 0 saturated carbocycles. The van der Waals surface area contributed by atoms with Crippen LogP contribution in [0.1, 0.15) is 11.3 Å². The third-order valence-corrected chi connectivity index (χ3v) is 7.13. The SMILES string of the molecule is COCCOCN(c1onc(C)c1C)S(=O)(=O)c1ccccc1-c1ccc(-c2cnco2)cc1. The van der Waals surface area contributed by atoms with E-state index in [1.54, 1.807) is 51.4 Å². The number of aryl methyl sites for hydroxylation is 1. The van der Waals surface area contributed by atoms with E-state index in [4.69, 9.17) is 18.4 Å². The summed E-state index contributed by atoms with van der Waals surface area (Å²) in [6.07, 6.45) is 2.98. The highest BCUT2D eigenvalue weighted by molar-refractivity contribution is 7.93. The first kappa shape index (κ1) is 23.7. The van der Waals surface area contributed by atoms with Crippen molar-refractivity contribution >= 4 is 15.9 Å². The molecule has 0 aliphatic carbocycles. The van der Waals surface area contributed by atoms with Gasteiger partial charge in [-0.05, 0) is 25.5 Å². The lowest BCUT2D eigenvalue weighted by Crippen LogP contribution is -2.34. The standard InChI is InChI=1S/C24H25N3O6S/c1-17-18(2)26-33-24(17)27(16-31-13-12-30-3)34(28,29)23-7-5-4-6-21(23)19-8-10-20(11-9-19)22-14-25-15-32-22/h4-11,14-15H,12-13,16H2,1-3H3. The van der Waals surface area contributed by atoms with Gasteiger partial charge < -0.3 is 18.4 Å². The fourth-order valence-electron chi connectivity index (χ4n) is 3.38. The molecular formula is C24H25N3O6S. The second-order valence-electron chi connectivity index (χ2n) is 7.52. The molecule has 0 saturated heterocycles. The van der Waals surface area contributed by atoms with E-state index in [1.807, 2.05) is 24.3 Å². The fourth-order valence-corrected chi connectivity index (χ4v) is 4.94. The summed E-state index contributed by atoms with van der Waals surface area (Å²) < 4.78 is 50.2. The summed E-state index contributed by atoms with van der Waals surface area (Å²) in [4.78, 5) is 4.05. The van der Waals surface area contributed by atoms with E-state index < -0.39 is 10.0 Å². The smallest absolute Gasteiger partial charge is 0.269 e. The molecule has 178 valence electrons. The van der Waals surface area contributed by atoms with Gasteiger partial charge in [0.1, 0.15) is 6.73 Å². The van der Waals surface area contributed by atoms with E-state index in [-0.39, 0.29) is 24.1 Å². The van der Waals surface area contributed by atoms with Gasteiger partial charge in [0.2, 0.25) is 5.88 Å². The molecule has 0 amide bonds. The van der Waals surface area contributed by atoms with Gasteiger partial charge in [0.25, 0.3) is 10.0 Å². The molecular weight excluding hydrogens is 458 g/mol. The molecule has 2 aromatic heterocycles. The lowest BCUT2D eigenvalue weighted by Gasteiger charge is -2.23. The Balaban J connectivity index is 1.73. The topological polar surface area (TPSA) is 108 Å². The molecule has 4 rings (SSSR count). The minimum Gasteiger partial charge on any atom is -0.444 e. The lowest BCUT2D eigenvalue weighted by atomic mass is 10.0. The lowest BCUT2D eigenvalue weighted by molar-refractivity contribution is 0.0744. The zero-order valence-corrected chi connectivity index (χ0v) is 19.9. The van der Waals surface area contributed by atoms with Crippen LogP contribution in [0.2, 0.25) is 0 Å². The van der Waals surface area contributed by atoms with Crippen LogP contribution in [-0.4, -0.2) is 45.6 Å². The zero-order valence-electron chi connectivity index (χ0n) is 19.1. The average Bonchev–Trinajstić information content (AvgIpc) is 3.50. The Hall–Kier alpha value is -3.47. The number of benzene rings is 2. The van der Waals surface area contributed by atoms with Crippen molar-refractivity contribution in [2.45, 2.75) is 18.7 Å². The first-order valence-electron chi connectivity index (χ1n) is 10.5. The third kappa shape index (κ3) is 4.74. The summed E-state index contributed by atoms with van der Waals surface area (Å²) in [5, 5.41) is 3.93. The van der Waals surface area contributed by atoms with E-state index in [2.05, 4.69) is 10.1 Å². The second kappa shape index (κ2) is 10.2. The van der Waals surface area contributed by atoms with Gasteiger partial charge in [-0.2, -0.15) is 0 Å². The number of ether oxygens (including phenoxy) is 2. The summed E-state index contributed by atoms with van der Waals surface area (Å²) in [7, 11) is -2.53. The Bertz CT molecular complexity index is 1330. The first-order chi connectivity index (χ1) is 16.4. The Labute approximate surface area is 198 Å². The number of anilines is 1. The quantitative estimate of drug-likeness (QED) is 0.241. The van der Waals surface area contributed by atoms with Gasteiger partial charge in [0, 0.05) is 23.8 Å².